The van der Waals surface area contributed by atoms with Crippen molar-refractivity contribution in [3.05, 3.63) is 64.7 Å². The first-order valence-corrected chi connectivity index (χ1v) is 12.3. The summed E-state index contributed by atoms with van der Waals surface area (Å²) < 4.78 is 30.1. The molecule has 2 aromatic rings. The molecule has 1 amide bonds. The van der Waals surface area contributed by atoms with E-state index < -0.39 is 15.9 Å². The minimum Gasteiger partial charge on any atom is -0.481 e. The van der Waals surface area contributed by atoms with Crippen molar-refractivity contribution in [2.24, 2.45) is 0 Å². The Bertz CT molecular complexity index is 998. The number of aryl methyl sites for hydroxylation is 3. The van der Waals surface area contributed by atoms with Gasteiger partial charge in [-0.15, -0.1) is 0 Å². The Morgan fingerprint density at radius 1 is 1.10 bits per heavy atom. The van der Waals surface area contributed by atoms with Gasteiger partial charge in [-0.05, 0) is 68.0 Å². The fourth-order valence-electron chi connectivity index (χ4n) is 3.76. The molecule has 0 saturated carbocycles. The largest absolute Gasteiger partial charge is 0.481 e. The lowest BCUT2D eigenvalue weighted by Crippen LogP contribution is -2.46. The number of ether oxygens (including phenoxy) is 1. The van der Waals surface area contributed by atoms with Crippen molar-refractivity contribution in [2.75, 3.05) is 11.5 Å². The summed E-state index contributed by atoms with van der Waals surface area (Å²) in [6, 6.07) is 13.6. The topological polar surface area (TPSA) is 63.7 Å². The van der Waals surface area contributed by atoms with Crippen molar-refractivity contribution in [3.63, 3.8) is 0 Å². The lowest BCUT2D eigenvalue weighted by atomic mass is 10.1. The van der Waals surface area contributed by atoms with Crippen LogP contribution in [0.4, 0.5) is 0 Å². The number of carbonyl (C=O) groups is 1. The van der Waals surface area contributed by atoms with Crippen molar-refractivity contribution in [1.29, 1.82) is 0 Å². The highest BCUT2D eigenvalue weighted by Crippen LogP contribution is 2.23. The Hall–Kier alpha value is -2.34. The van der Waals surface area contributed by atoms with Crippen molar-refractivity contribution in [2.45, 2.75) is 59.2 Å². The van der Waals surface area contributed by atoms with E-state index in [9.17, 15) is 13.2 Å². The standard InChI is InChI=1S/C24H31NO4S/c1-5-20-7-9-21(10-8-20)15-25(22-12-13-30(27,28)16-22)24(26)19(4)29-23-11-6-17(2)18(3)14-23/h6-11,14,19,22H,5,12-13,15-16H2,1-4H3/t19-,22-/m1/s1. The number of nitrogens with zero attached hydrogens (tertiary/aromatic N) is 1. The Balaban J connectivity index is 1.80. The van der Waals surface area contributed by atoms with Crippen LogP contribution in [0.3, 0.4) is 0 Å². The monoisotopic (exact) mass is 429 g/mol. The Kier molecular flexibility index (Phi) is 6.86. The predicted molar refractivity (Wildman–Crippen MR) is 119 cm³/mol. The van der Waals surface area contributed by atoms with Crippen molar-refractivity contribution < 1.29 is 17.9 Å². The molecule has 162 valence electrons. The van der Waals surface area contributed by atoms with Gasteiger partial charge in [0, 0.05) is 12.6 Å². The maximum atomic E-state index is 13.3. The van der Waals surface area contributed by atoms with Crippen LogP contribution in [0.1, 0.15) is 42.5 Å². The summed E-state index contributed by atoms with van der Waals surface area (Å²) in [5.41, 5.74) is 4.48. The molecule has 2 aromatic carbocycles. The molecule has 5 nitrogen and oxygen atoms in total. The Morgan fingerprint density at radius 3 is 2.33 bits per heavy atom. The predicted octanol–water partition coefficient (Wildman–Crippen LogP) is 3.85. The first kappa shape index (κ1) is 22.3. The number of hydrogen-bond donors (Lipinski definition) is 0. The molecule has 0 N–H and O–H groups in total. The third-order valence-electron chi connectivity index (χ3n) is 5.86. The van der Waals surface area contributed by atoms with Gasteiger partial charge in [-0.2, -0.15) is 0 Å². The van der Waals surface area contributed by atoms with E-state index in [4.69, 9.17) is 4.74 Å². The first-order valence-electron chi connectivity index (χ1n) is 10.5. The molecule has 0 aromatic heterocycles. The lowest BCUT2D eigenvalue weighted by molar-refractivity contribution is -0.140. The quantitative estimate of drug-likeness (QED) is 0.671. The number of sulfone groups is 1. The van der Waals surface area contributed by atoms with Crippen LogP contribution < -0.4 is 4.74 Å². The SMILES string of the molecule is CCc1ccc(CN(C(=O)[C@@H](C)Oc2ccc(C)c(C)c2)[C@@H]2CCS(=O)(=O)C2)cc1. The van der Waals surface area contributed by atoms with E-state index in [-0.39, 0.29) is 23.5 Å². The van der Waals surface area contributed by atoms with Gasteiger partial charge in [0.25, 0.3) is 5.91 Å². The first-order chi connectivity index (χ1) is 14.2. The van der Waals surface area contributed by atoms with Crippen molar-refractivity contribution in [3.8, 4) is 5.75 Å². The molecule has 0 bridgehead atoms. The minimum absolute atomic E-state index is 0.0160. The average molecular weight is 430 g/mol. The number of rotatable bonds is 7. The third-order valence-corrected chi connectivity index (χ3v) is 7.61. The molecule has 6 heteroatoms. The zero-order valence-corrected chi connectivity index (χ0v) is 19.0. The molecular weight excluding hydrogens is 398 g/mol. The molecule has 30 heavy (non-hydrogen) atoms. The van der Waals surface area contributed by atoms with Gasteiger partial charge in [-0.25, -0.2) is 8.42 Å². The average Bonchev–Trinajstić information content (AvgIpc) is 3.08. The van der Waals surface area contributed by atoms with Crippen LogP contribution in [0.2, 0.25) is 0 Å². The van der Waals surface area contributed by atoms with Crippen LogP contribution in [0.15, 0.2) is 42.5 Å². The zero-order valence-electron chi connectivity index (χ0n) is 18.2. The summed E-state index contributed by atoms with van der Waals surface area (Å²) in [6.07, 6.45) is 0.715. The van der Waals surface area contributed by atoms with Crippen LogP contribution in [-0.4, -0.2) is 42.9 Å². The summed E-state index contributed by atoms with van der Waals surface area (Å²) in [4.78, 5) is 15.0. The van der Waals surface area contributed by atoms with Crippen LogP contribution in [-0.2, 0) is 27.6 Å². The molecule has 1 aliphatic rings. The van der Waals surface area contributed by atoms with E-state index in [1.54, 1.807) is 11.8 Å². The maximum Gasteiger partial charge on any atom is 0.263 e. The fourth-order valence-corrected chi connectivity index (χ4v) is 5.49. The molecule has 1 heterocycles. The molecule has 1 fully saturated rings. The summed E-state index contributed by atoms with van der Waals surface area (Å²) in [5, 5.41) is 0. The molecule has 0 spiro atoms. The second-order valence-corrected chi connectivity index (χ2v) is 10.4. The summed E-state index contributed by atoms with van der Waals surface area (Å²) in [5.74, 6) is 0.602. The number of benzene rings is 2. The molecule has 1 saturated heterocycles. The van der Waals surface area contributed by atoms with Gasteiger partial charge in [-0.3, -0.25) is 4.79 Å². The van der Waals surface area contributed by atoms with Gasteiger partial charge in [0.2, 0.25) is 0 Å². The number of hydrogen-bond acceptors (Lipinski definition) is 4. The molecule has 2 atom stereocenters. The van der Waals surface area contributed by atoms with Gasteiger partial charge in [-0.1, -0.05) is 37.3 Å². The van der Waals surface area contributed by atoms with E-state index >= 15 is 0 Å². The molecule has 0 aliphatic carbocycles. The smallest absolute Gasteiger partial charge is 0.263 e. The summed E-state index contributed by atoms with van der Waals surface area (Å²) in [6.45, 7) is 8.24. The van der Waals surface area contributed by atoms with Gasteiger partial charge < -0.3 is 9.64 Å². The second kappa shape index (κ2) is 9.21. The van der Waals surface area contributed by atoms with Crippen molar-refractivity contribution in [1.82, 2.24) is 4.90 Å². The summed E-state index contributed by atoms with van der Waals surface area (Å²) in [7, 11) is -3.11. The minimum atomic E-state index is -3.11. The van der Waals surface area contributed by atoms with Gasteiger partial charge in [0.1, 0.15) is 5.75 Å². The fraction of sp³-hybridized carbons (Fsp3) is 0.458. The second-order valence-electron chi connectivity index (χ2n) is 8.20. The normalized spacial score (nSPS) is 18.7. The van der Waals surface area contributed by atoms with Crippen LogP contribution >= 0.6 is 0 Å². The Labute approximate surface area is 180 Å². The van der Waals surface area contributed by atoms with E-state index in [2.05, 4.69) is 19.1 Å². The highest BCUT2D eigenvalue weighted by molar-refractivity contribution is 7.91. The highest BCUT2D eigenvalue weighted by Gasteiger charge is 2.36. The van der Waals surface area contributed by atoms with E-state index in [1.165, 1.54) is 5.56 Å². The summed E-state index contributed by atoms with van der Waals surface area (Å²) >= 11 is 0. The van der Waals surface area contributed by atoms with E-state index in [0.29, 0.717) is 18.7 Å². The molecule has 0 unspecified atom stereocenters. The van der Waals surface area contributed by atoms with E-state index in [1.807, 2.05) is 44.2 Å². The van der Waals surface area contributed by atoms with E-state index in [0.717, 1.165) is 23.1 Å². The lowest BCUT2D eigenvalue weighted by Gasteiger charge is -2.31. The number of amides is 1. The van der Waals surface area contributed by atoms with Gasteiger partial charge in [0.05, 0.1) is 11.5 Å². The molecule has 1 aliphatic heterocycles. The zero-order chi connectivity index (χ0) is 21.9. The molecular formula is C24H31NO4S. The third kappa shape index (κ3) is 5.42. The van der Waals surface area contributed by atoms with Crippen molar-refractivity contribution >= 4 is 15.7 Å². The van der Waals surface area contributed by atoms with Crippen LogP contribution in [0.5, 0.6) is 5.75 Å². The van der Waals surface area contributed by atoms with Crippen LogP contribution in [0, 0.1) is 13.8 Å². The molecule has 0 radical (unpaired) electrons. The Morgan fingerprint density at radius 2 is 1.77 bits per heavy atom. The van der Waals surface area contributed by atoms with Gasteiger partial charge >= 0.3 is 0 Å². The number of carbonyl (C=O) groups excluding carboxylic acids is 1. The molecule has 3 rings (SSSR count). The van der Waals surface area contributed by atoms with Crippen LogP contribution in [0.25, 0.3) is 0 Å². The maximum absolute atomic E-state index is 13.3. The van der Waals surface area contributed by atoms with Gasteiger partial charge in [0.15, 0.2) is 15.9 Å². The highest BCUT2D eigenvalue weighted by atomic mass is 32.2.